The minimum Gasteiger partial charge on any atom is -0.460 e. The molecule has 1 aliphatic rings. The first kappa shape index (κ1) is 24.2. The zero-order valence-corrected chi connectivity index (χ0v) is 21.4. The Kier molecular flexibility index (Phi) is 6.39. The van der Waals surface area contributed by atoms with Crippen molar-refractivity contribution in [2.24, 2.45) is 5.41 Å². The first-order valence-corrected chi connectivity index (χ1v) is 12.6. The fourth-order valence-corrected chi connectivity index (χ4v) is 5.10. The van der Waals surface area contributed by atoms with Gasteiger partial charge in [-0.15, -0.1) is 10.2 Å². The summed E-state index contributed by atoms with van der Waals surface area (Å²) in [5.74, 6) is 0.907. The normalized spacial score (nSPS) is 14.7. The average Bonchev–Trinajstić information content (AvgIpc) is 3.63. The zero-order valence-electron chi connectivity index (χ0n) is 21.4. The molecule has 0 aliphatic heterocycles. The standard InChI is InChI=1S/C30H33N3O3/c1-19-10-11-23(16-24(19)17-34)26(30(3,4)29(35)36-18-21-8-6-5-7-9-21)25-14-15-33-27(20(25)2)31-32-28(33)22-12-13-22/h5-11,14-16,22,26,34H,12-13,17-18H2,1-4H3/t26-/m1/s1. The van der Waals surface area contributed by atoms with Crippen LogP contribution in [-0.2, 0) is 22.7 Å². The molecule has 4 aromatic rings. The van der Waals surface area contributed by atoms with Gasteiger partial charge in [0.1, 0.15) is 12.4 Å². The van der Waals surface area contributed by atoms with E-state index in [-0.39, 0.29) is 25.1 Å². The average molecular weight is 484 g/mol. The molecule has 1 N–H and O–H groups in total. The summed E-state index contributed by atoms with van der Waals surface area (Å²) < 4.78 is 7.93. The lowest BCUT2D eigenvalue weighted by Gasteiger charge is -2.34. The van der Waals surface area contributed by atoms with Crippen molar-refractivity contribution in [3.63, 3.8) is 0 Å². The van der Waals surface area contributed by atoms with Gasteiger partial charge in [0.25, 0.3) is 0 Å². The lowest BCUT2D eigenvalue weighted by atomic mass is 9.70. The van der Waals surface area contributed by atoms with Crippen LogP contribution in [0.2, 0.25) is 0 Å². The van der Waals surface area contributed by atoms with Crippen molar-refractivity contribution in [3.8, 4) is 0 Å². The molecule has 186 valence electrons. The van der Waals surface area contributed by atoms with Crippen molar-refractivity contribution < 1.29 is 14.6 Å². The number of nitrogens with zero attached hydrogens (tertiary/aromatic N) is 3. The van der Waals surface area contributed by atoms with Crippen molar-refractivity contribution >= 4 is 11.6 Å². The van der Waals surface area contributed by atoms with Crippen LogP contribution >= 0.6 is 0 Å². The van der Waals surface area contributed by atoms with E-state index in [0.717, 1.165) is 57.7 Å². The maximum atomic E-state index is 13.6. The molecule has 0 saturated heterocycles. The van der Waals surface area contributed by atoms with Crippen LogP contribution in [0.15, 0.2) is 60.8 Å². The summed E-state index contributed by atoms with van der Waals surface area (Å²) in [4.78, 5) is 13.6. The Labute approximate surface area is 212 Å². The van der Waals surface area contributed by atoms with E-state index in [1.165, 1.54) is 0 Å². The third-order valence-corrected chi connectivity index (χ3v) is 7.48. The first-order valence-electron chi connectivity index (χ1n) is 12.6. The molecule has 1 atom stereocenters. The monoisotopic (exact) mass is 483 g/mol. The van der Waals surface area contributed by atoms with Gasteiger partial charge in [0.05, 0.1) is 12.0 Å². The van der Waals surface area contributed by atoms with Gasteiger partial charge in [-0.1, -0.05) is 48.5 Å². The number of aliphatic hydroxyl groups is 1. The topological polar surface area (TPSA) is 76.7 Å². The fourth-order valence-electron chi connectivity index (χ4n) is 5.10. The number of carbonyl (C=O) groups excluding carboxylic acids is 1. The summed E-state index contributed by atoms with van der Waals surface area (Å²) in [7, 11) is 0. The van der Waals surface area contributed by atoms with Gasteiger partial charge in [0, 0.05) is 18.0 Å². The first-order chi connectivity index (χ1) is 17.3. The molecular weight excluding hydrogens is 450 g/mol. The number of pyridine rings is 1. The molecule has 36 heavy (non-hydrogen) atoms. The molecule has 0 radical (unpaired) electrons. The van der Waals surface area contributed by atoms with Crippen molar-refractivity contribution in [1.82, 2.24) is 14.6 Å². The van der Waals surface area contributed by atoms with Crippen molar-refractivity contribution in [3.05, 3.63) is 100.0 Å². The highest BCUT2D eigenvalue weighted by atomic mass is 16.5. The Morgan fingerprint density at radius 1 is 1.11 bits per heavy atom. The number of hydrogen-bond donors (Lipinski definition) is 1. The van der Waals surface area contributed by atoms with Crippen LogP contribution in [0.4, 0.5) is 0 Å². The lowest BCUT2D eigenvalue weighted by Crippen LogP contribution is -2.34. The Bertz CT molecular complexity index is 1400. The molecule has 6 nitrogen and oxygen atoms in total. The second-order valence-electron chi connectivity index (χ2n) is 10.5. The Balaban J connectivity index is 1.58. The highest BCUT2D eigenvalue weighted by Gasteiger charge is 2.42. The molecule has 6 heteroatoms. The van der Waals surface area contributed by atoms with Gasteiger partial charge in [-0.05, 0) is 80.0 Å². The van der Waals surface area contributed by atoms with Crippen LogP contribution in [0.25, 0.3) is 5.65 Å². The minimum absolute atomic E-state index is 0.0573. The predicted octanol–water partition coefficient (Wildman–Crippen LogP) is 5.62. The van der Waals surface area contributed by atoms with E-state index in [1.54, 1.807) is 0 Å². The number of aryl methyl sites for hydroxylation is 2. The molecule has 0 amide bonds. The van der Waals surface area contributed by atoms with Crippen LogP contribution in [-0.4, -0.2) is 25.7 Å². The highest BCUT2D eigenvalue weighted by Crippen LogP contribution is 2.45. The number of esters is 1. The maximum Gasteiger partial charge on any atom is 0.312 e. The second-order valence-corrected chi connectivity index (χ2v) is 10.5. The van der Waals surface area contributed by atoms with E-state index in [1.807, 2.05) is 69.4 Å². The molecular formula is C30H33N3O3. The predicted molar refractivity (Wildman–Crippen MR) is 139 cm³/mol. The van der Waals surface area contributed by atoms with E-state index >= 15 is 0 Å². The number of carbonyl (C=O) groups is 1. The molecule has 1 fully saturated rings. The Hall–Kier alpha value is -3.51. The number of aliphatic hydroxyl groups excluding tert-OH is 1. The van der Waals surface area contributed by atoms with E-state index in [4.69, 9.17) is 4.74 Å². The highest BCUT2D eigenvalue weighted by molar-refractivity contribution is 5.79. The Morgan fingerprint density at radius 3 is 2.56 bits per heavy atom. The van der Waals surface area contributed by atoms with Gasteiger partial charge < -0.3 is 9.84 Å². The largest absolute Gasteiger partial charge is 0.460 e. The minimum atomic E-state index is -0.890. The van der Waals surface area contributed by atoms with E-state index in [0.29, 0.717) is 5.92 Å². The number of rotatable bonds is 8. The summed E-state index contributed by atoms with van der Waals surface area (Å²) >= 11 is 0. The van der Waals surface area contributed by atoms with Gasteiger partial charge in [0.2, 0.25) is 0 Å². The molecule has 2 aromatic carbocycles. The van der Waals surface area contributed by atoms with E-state index in [9.17, 15) is 9.90 Å². The summed E-state index contributed by atoms with van der Waals surface area (Å²) in [6.45, 7) is 8.07. The zero-order chi connectivity index (χ0) is 25.4. The molecule has 1 saturated carbocycles. The molecule has 1 aliphatic carbocycles. The van der Waals surface area contributed by atoms with Crippen LogP contribution < -0.4 is 0 Å². The number of benzene rings is 2. The lowest BCUT2D eigenvalue weighted by molar-refractivity contribution is -0.156. The van der Waals surface area contributed by atoms with E-state index in [2.05, 4.69) is 33.7 Å². The molecule has 2 aromatic heterocycles. The molecule has 2 heterocycles. The van der Waals surface area contributed by atoms with Crippen molar-refractivity contribution in [1.29, 1.82) is 0 Å². The van der Waals surface area contributed by atoms with Crippen LogP contribution in [0.1, 0.15) is 77.7 Å². The number of ether oxygens (including phenoxy) is 1. The third-order valence-electron chi connectivity index (χ3n) is 7.48. The molecule has 0 bridgehead atoms. The van der Waals surface area contributed by atoms with Crippen molar-refractivity contribution in [2.45, 2.75) is 65.6 Å². The molecule has 0 unspecified atom stereocenters. The number of aromatic nitrogens is 3. The van der Waals surface area contributed by atoms with Crippen LogP contribution in [0.5, 0.6) is 0 Å². The van der Waals surface area contributed by atoms with Crippen LogP contribution in [0.3, 0.4) is 0 Å². The van der Waals surface area contributed by atoms with Gasteiger partial charge in [-0.3, -0.25) is 9.20 Å². The molecule has 0 spiro atoms. The maximum absolute atomic E-state index is 13.6. The Morgan fingerprint density at radius 2 is 1.86 bits per heavy atom. The van der Waals surface area contributed by atoms with Gasteiger partial charge in [0.15, 0.2) is 5.65 Å². The number of hydrogen-bond acceptors (Lipinski definition) is 5. The summed E-state index contributed by atoms with van der Waals surface area (Å²) in [6, 6.07) is 17.9. The van der Waals surface area contributed by atoms with Gasteiger partial charge in [-0.2, -0.15) is 0 Å². The van der Waals surface area contributed by atoms with Gasteiger partial charge >= 0.3 is 5.97 Å². The fraction of sp³-hybridized carbons (Fsp3) is 0.367. The summed E-state index contributed by atoms with van der Waals surface area (Å²) in [6.07, 6.45) is 4.33. The SMILES string of the molecule is Cc1ccc([C@H](c2ccn3c(C4CC4)nnc3c2C)C(C)(C)C(=O)OCc2ccccc2)cc1CO. The quantitative estimate of drug-likeness (QED) is 0.329. The third kappa shape index (κ3) is 4.42. The second kappa shape index (κ2) is 9.51. The van der Waals surface area contributed by atoms with Crippen molar-refractivity contribution in [2.75, 3.05) is 0 Å². The van der Waals surface area contributed by atoms with Crippen LogP contribution in [0, 0.1) is 19.3 Å². The van der Waals surface area contributed by atoms with E-state index < -0.39 is 5.41 Å². The smallest absolute Gasteiger partial charge is 0.312 e. The summed E-state index contributed by atoms with van der Waals surface area (Å²) in [5.41, 5.74) is 5.71. The number of fused-ring (bicyclic) bond motifs is 1. The summed E-state index contributed by atoms with van der Waals surface area (Å²) in [5, 5.41) is 19.0. The van der Waals surface area contributed by atoms with Gasteiger partial charge in [-0.25, -0.2) is 0 Å². The molecule has 5 rings (SSSR count).